The fraction of sp³-hybridized carbons (Fsp3) is 0.444. The van der Waals surface area contributed by atoms with Crippen LogP contribution in [0.1, 0.15) is 29.8 Å². The maximum atomic E-state index is 9.30. The van der Waals surface area contributed by atoms with Gasteiger partial charge < -0.3 is 5.11 Å². The molecule has 2 heteroatoms. The van der Waals surface area contributed by atoms with Crippen LogP contribution in [0.5, 0.6) is 0 Å². The smallest absolute Gasteiger partial charge is 0.0765 e. The summed E-state index contributed by atoms with van der Waals surface area (Å²) in [7, 11) is 0. The van der Waals surface area contributed by atoms with Crippen molar-refractivity contribution in [1.82, 2.24) is 4.98 Å². The Morgan fingerprint density at radius 1 is 1.45 bits per heavy atom. The summed E-state index contributed by atoms with van der Waals surface area (Å²) < 4.78 is 0. The maximum Gasteiger partial charge on any atom is 0.0765 e. The SMILES string of the molecule is Cc1nccc(C(C)O)c1C. The van der Waals surface area contributed by atoms with Crippen LogP contribution in [-0.4, -0.2) is 10.1 Å². The number of hydrogen-bond donors (Lipinski definition) is 1. The lowest BCUT2D eigenvalue weighted by atomic mass is 10.0. The highest BCUT2D eigenvalue weighted by Crippen LogP contribution is 2.17. The maximum absolute atomic E-state index is 9.30. The van der Waals surface area contributed by atoms with Crippen molar-refractivity contribution in [3.05, 3.63) is 29.1 Å². The molecule has 1 N–H and O–H groups in total. The van der Waals surface area contributed by atoms with E-state index >= 15 is 0 Å². The first-order valence-electron chi connectivity index (χ1n) is 3.73. The van der Waals surface area contributed by atoms with Gasteiger partial charge in [-0.3, -0.25) is 4.98 Å². The van der Waals surface area contributed by atoms with Crippen molar-refractivity contribution in [3.8, 4) is 0 Å². The summed E-state index contributed by atoms with van der Waals surface area (Å²) in [5.74, 6) is 0. The molecule has 0 saturated heterocycles. The van der Waals surface area contributed by atoms with Gasteiger partial charge in [-0.2, -0.15) is 0 Å². The number of pyridine rings is 1. The molecule has 1 atom stereocenters. The molecular weight excluding hydrogens is 138 g/mol. The summed E-state index contributed by atoms with van der Waals surface area (Å²) in [5, 5.41) is 9.30. The molecule has 0 aliphatic rings. The average molecular weight is 151 g/mol. The topological polar surface area (TPSA) is 33.1 Å². The zero-order valence-corrected chi connectivity index (χ0v) is 7.13. The van der Waals surface area contributed by atoms with E-state index in [1.807, 2.05) is 19.9 Å². The van der Waals surface area contributed by atoms with E-state index < -0.39 is 6.10 Å². The second-order valence-corrected chi connectivity index (χ2v) is 2.79. The largest absolute Gasteiger partial charge is 0.389 e. The van der Waals surface area contributed by atoms with Crippen molar-refractivity contribution in [2.75, 3.05) is 0 Å². The van der Waals surface area contributed by atoms with Crippen LogP contribution in [0.15, 0.2) is 12.3 Å². The van der Waals surface area contributed by atoms with Crippen molar-refractivity contribution >= 4 is 0 Å². The highest BCUT2D eigenvalue weighted by Gasteiger charge is 2.05. The van der Waals surface area contributed by atoms with E-state index in [9.17, 15) is 5.11 Å². The van der Waals surface area contributed by atoms with Crippen LogP contribution in [0.2, 0.25) is 0 Å². The third-order valence-corrected chi connectivity index (χ3v) is 1.95. The Balaban J connectivity index is 3.17. The monoisotopic (exact) mass is 151 g/mol. The predicted octanol–water partition coefficient (Wildman–Crippen LogP) is 1.75. The predicted molar refractivity (Wildman–Crippen MR) is 44.3 cm³/mol. The molecule has 11 heavy (non-hydrogen) atoms. The van der Waals surface area contributed by atoms with Gasteiger partial charge in [0.15, 0.2) is 0 Å². The van der Waals surface area contributed by atoms with E-state index in [2.05, 4.69) is 4.98 Å². The molecule has 1 heterocycles. The van der Waals surface area contributed by atoms with Gasteiger partial charge in [0.1, 0.15) is 0 Å². The van der Waals surface area contributed by atoms with Gasteiger partial charge in [0.25, 0.3) is 0 Å². The molecule has 60 valence electrons. The van der Waals surface area contributed by atoms with Crippen LogP contribution in [0.4, 0.5) is 0 Å². The van der Waals surface area contributed by atoms with Gasteiger partial charge in [-0.15, -0.1) is 0 Å². The lowest BCUT2D eigenvalue weighted by Crippen LogP contribution is -1.98. The molecule has 0 bridgehead atoms. The molecule has 1 unspecified atom stereocenters. The van der Waals surface area contributed by atoms with Gasteiger partial charge in [-0.1, -0.05) is 0 Å². The number of aliphatic hydroxyl groups is 1. The molecule has 0 radical (unpaired) electrons. The highest BCUT2D eigenvalue weighted by molar-refractivity contribution is 5.29. The summed E-state index contributed by atoms with van der Waals surface area (Å²) in [5.41, 5.74) is 3.04. The number of nitrogens with zero attached hydrogens (tertiary/aromatic N) is 1. The van der Waals surface area contributed by atoms with Gasteiger partial charge in [0.2, 0.25) is 0 Å². The quantitative estimate of drug-likeness (QED) is 0.663. The Bertz CT molecular complexity index is 256. The van der Waals surface area contributed by atoms with E-state index in [0.717, 1.165) is 16.8 Å². The van der Waals surface area contributed by atoms with Crippen LogP contribution in [-0.2, 0) is 0 Å². The molecule has 0 saturated carbocycles. The van der Waals surface area contributed by atoms with Gasteiger partial charge in [0.05, 0.1) is 6.10 Å². The number of aliphatic hydroxyl groups excluding tert-OH is 1. The van der Waals surface area contributed by atoms with E-state index in [0.29, 0.717) is 0 Å². The normalized spacial score (nSPS) is 13.1. The van der Waals surface area contributed by atoms with E-state index in [4.69, 9.17) is 0 Å². The lowest BCUT2D eigenvalue weighted by molar-refractivity contribution is 0.198. The second kappa shape index (κ2) is 3.01. The van der Waals surface area contributed by atoms with Crippen molar-refractivity contribution in [2.24, 2.45) is 0 Å². The number of hydrogen-bond acceptors (Lipinski definition) is 2. The molecule has 0 fully saturated rings. The third-order valence-electron chi connectivity index (χ3n) is 1.95. The molecule has 0 amide bonds. The van der Waals surface area contributed by atoms with Gasteiger partial charge >= 0.3 is 0 Å². The molecule has 1 rings (SSSR count). The highest BCUT2D eigenvalue weighted by atomic mass is 16.3. The Hall–Kier alpha value is -0.890. The fourth-order valence-electron chi connectivity index (χ4n) is 1.11. The van der Waals surface area contributed by atoms with Crippen LogP contribution in [0.3, 0.4) is 0 Å². The van der Waals surface area contributed by atoms with Crippen LogP contribution >= 0.6 is 0 Å². The minimum absolute atomic E-state index is 0.392. The number of aryl methyl sites for hydroxylation is 1. The van der Waals surface area contributed by atoms with Gasteiger partial charge in [0, 0.05) is 11.9 Å². The first-order valence-corrected chi connectivity index (χ1v) is 3.73. The van der Waals surface area contributed by atoms with Gasteiger partial charge in [-0.05, 0) is 38.0 Å². The van der Waals surface area contributed by atoms with Crippen molar-refractivity contribution < 1.29 is 5.11 Å². The zero-order valence-electron chi connectivity index (χ0n) is 7.13. The Morgan fingerprint density at radius 2 is 2.09 bits per heavy atom. The zero-order chi connectivity index (χ0) is 8.43. The van der Waals surface area contributed by atoms with E-state index in [-0.39, 0.29) is 0 Å². The van der Waals surface area contributed by atoms with Crippen LogP contribution in [0.25, 0.3) is 0 Å². The second-order valence-electron chi connectivity index (χ2n) is 2.79. The summed E-state index contributed by atoms with van der Waals surface area (Å²) in [4.78, 5) is 4.11. The van der Waals surface area contributed by atoms with Crippen molar-refractivity contribution in [2.45, 2.75) is 26.9 Å². The Labute approximate surface area is 66.9 Å². The molecule has 0 aliphatic carbocycles. The minimum Gasteiger partial charge on any atom is -0.389 e. The third kappa shape index (κ3) is 1.57. The standard InChI is InChI=1S/C9H13NO/c1-6-7(2)10-5-4-9(6)8(3)11/h4-5,8,11H,1-3H3. The van der Waals surface area contributed by atoms with Crippen LogP contribution in [0, 0.1) is 13.8 Å². The molecular formula is C9H13NO. The number of rotatable bonds is 1. The van der Waals surface area contributed by atoms with Gasteiger partial charge in [-0.25, -0.2) is 0 Å². The molecule has 2 nitrogen and oxygen atoms in total. The molecule has 0 spiro atoms. The first-order chi connectivity index (χ1) is 5.13. The van der Waals surface area contributed by atoms with Crippen molar-refractivity contribution in [1.29, 1.82) is 0 Å². The minimum atomic E-state index is -0.392. The fourth-order valence-corrected chi connectivity index (χ4v) is 1.11. The molecule has 1 aromatic heterocycles. The summed E-state index contributed by atoms with van der Waals surface area (Å²) >= 11 is 0. The number of aromatic nitrogens is 1. The Kier molecular flexibility index (Phi) is 2.25. The van der Waals surface area contributed by atoms with E-state index in [1.165, 1.54) is 0 Å². The summed E-state index contributed by atoms with van der Waals surface area (Å²) in [6, 6.07) is 1.85. The van der Waals surface area contributed by atoms with E-state index in [1.54, 1.807) is 13.1 Å². The lowest BCUT2D eigenvalue weighted by Gasteiger charge is -2.09. The molecule has 1 aromatic rings. The summed E-state index contributed by atoms with van der Waals surface area (Å²) in [6.45, 7) is 5.69. The Morgan fingerprint density at radius 3 is 2.55 bits per heavy atom. The summed E-state index contributed by atoms with van der Waals surface area (Å²) in [6.07, 6.45) is 1.33. The molecule has 0 aliphatic heterocycles. The average Bonchev–Trinajstić information content (AvgIpc) is 1.94. The van der Waals surface area contributed by atoms with Crippen LogP contribution < -0.4 is 0 Å². The first kappa shape index (κ1) is 8.21. The molecule has 0 aromatic carbocycles. The van der Waals surface area contributed by atoms with Crippen molar-refractivity contribution in [3.63, 3.8) is 0 Å².